The zero-order chi connectivity index (χ0) is 27.9. The van der Waals surface area contributed by atoms with Gasteiger partial charge in [0.15, 0.2) is 0 Å². The summed E-state index contributed by atoms with van der Waals surface area (Å²) in [6.07, 6.45) is 0. The SMILES string of the molecule is CCN(CC)C(=O)c1cc(NC(=O)c2ccc(OC)cc2)ccc1N1CCN(C(=O)c2cccc(F)c2)CC1. The first-order chi connectivity index (χ1) is 18.8. The van der Waals surface area contributed by atoms with Crippen molar-refractivity contribution in [3.8, 4) is 5.75 Å². The minimum absolute atomic E-state index is 0.131. The maximum atomic E-state index is 13.6. The minimum atomic E-state index is -0.446. The fraction of sp³-hybridized carbons (Fsp3) is 0.300. The Morgan fingerprint density at radius 1 is 0.897 bits per heavy atom. The van der Waals surface area contributed by atoms with Crippen LogP contribution in [0, 0.1) is 5.82 Å². The summed E-state index contributed by atoms with van der Waals surface area (Å²) in [6.45, 7) is 6.84. The van der Waals surface area contributed by atoms with Crippen LogP contribution in [0.2, 0.25) is 0 Å². The first-order valence-electron chi connectivity index (χ1n) is 13.0. The maximum absolute atomic E-state index is 13.6. The molecule has 1 aliphatic heterocycles. The third-order valence-electron chi connectivity index (χ3n) is 6.87. The number of rotatable bonds is 8. The van der Waals surface area contributed by atoms with E-state index < -0.39 is 5.82 Å². The largest absolute Gasteiger partial charge is 0.497 e. The van der Waals surface area contributed by atoms with Crippen molar-refractivity contribution < 1.29 is 23.5 Å². The Morgan fingerprint density at radius 2 is 1.59 bits per heavy atom. The number of nitrogens with one attached hydrogen (secondary N) is 1. The molecule has 4 rings (SSSR count). The normalized spacial score (nSPS) is 13.1. The second-order valence-electron chi connectivity index (χ2n) is 9.18. The van der Waals surface area contributed by atoms with Crippen LogP contribution in [0.15, 0.2) is 66.7 Å². The summed E-state index contributed by atoms with van der Waals surface area (Å²) >= 11 is 0. The molecule has 1 heterocycles. The molecule has 204 valence electrons. The Balaban J connectivity index is 1.54. The highest BCUT2D eigenvalue weighted by Gasteiger charge is 2.26. The Bertz CT molecular complexity index is 1330. The second kappa shape index (κ2) is 12.4. The molecule has 0 radical (unpaired) electrons. The van der Waals surface area contributed by atoms with Gasteiger partial charge in [0.25, 0.3) is 17.7 Å². The molecule has 0 aromatic heterocycles. The number of carbonyl (C=O) groups excluding carboxylic acids is 3. The van der Waals surface area contributed by atoms with Gasteiger partial charge in [-0.05, 0) is 74.5 Å². The van der Waals surface area contributed by atoms with Gasteiger partial charge in [0, 0.05) is 61.8 Å². The van der Waals surface area contributed by atoms with E-state index in [1.54, 1.807) is 59.4 Å². The number of ether oxygens (including phenoxy) is 1. The summed E-state index contributed by atoms with van der Waals surface area (Å²) in [6, 6.07) is 17.8. The minimum Gasteiger partial charge on any atom is -0.497 e. The summed E-state index contributed by atoms with van der Waals surface area (Å²) in [5.74, 6) is -0.436. The summed E-state index contributed by atoms with van der Waals surface area (Å²) in [5.41, 5.74) is 2.52. The van der Waals surface area contributed by atoms with Gasteiger partial charge in [-0.1, -0.05) is 6.07 Å². The average molecular weight is 533 g/mol. The van der Waals surface area contributed by atoms with Gasteiger partial charge >= 0.3 is 0 Å². The summed E-state index contributed by atoms with van der Waals surface area (Å²) < 4.78 is 18.8. The molecule has 1 fully saturated rings. The van der Waals surface area contributed by atoms with Crippen LogP contribution in [0.5, 0.6) is 5.75 Å². The number of nitrogens with zero attached hydrogens (tertiary/aromatic N) is 3. The molecule has 0 saturated carbocycles. The molecule has 1 aliphatic rings. The van der Waals surface area contributed by atoms with Crippen molar-refractivity contribution in [1.29, 1.82) is 0 Å². The molecule has 0 unspecified atom stereocenters. The smallest absolute Gasteiger partial charge is 0.256 e. The molecule has 0 spiro atoms. The van der Waals surface area contributed by atoms with E-state index in [0.29, 0.717) is 67.4 Å². The lowest BCUT2D eigenvalue weighted by Gasteiger charge is -2.37. The van der Waals surface area contributed by atoms with Crippen LogP contribution in [0.3, 0.4) is 0 Å². The average Bonchev–Trinajstić information content (AvgIpc) is 2.97. The maximum Gasteiger partial charge on any atom is 0.256 e. The number of halogens is 1. The van der Waals surface area contributed by atoms with Gasteiger partial charge in [0.05, 0.1) is 12.7 Å². The Kier molecular flexibility index (Phi) is 8.81. The highest BCUT2D eigenvalue weighted by Crippen LogP contribution is 2.28. The molecule has 3 aromatic rings. The van der Waals surface area contributed by atoms with Crippen LogP contribution in [0.25, 0.3) is 0 Å². The predicted octanol–water partition coefficient (Wildman–Crippen LogP) is 4.53. The highest BCUT2D eigenvalue weighted by atomic mass is 19.1. The molecule has 1 saturated heterocycles. The van der Waals surface area contributed by atoms with E-state index in [1.807, 2.05) is 19.9 Å². The number of hydrogen-bond donors (Lipinski definition) is 1. The first-order valence-corrected chi connectivity index (χ1v) is 13.0. The van der Waals surface area contributed by atoms with Crippen LogP contribution in [0.1, 0.15) is 44.9 Å². The van der Waals surface area contributed by atoms with Crippen LogP contribution in [-0.4, -0.2) is 73.9 Å². The van der Waals surface area contributed by atoms with Gasteiger partial charge in [-0.25, -0.2) is 4.39 Å². The van der Waals surface area contributed by atoms with Gasteiger partial charge in [-0.2, -0.15) is 0 Å². The van der Waals surface area contributed by atoms with Crippen molar-refractivity contribution in [2.45, 2.75) is 13.8 Å². The van der Waals surface area contributed by atoms with Crippen molar-refractivity contribution in [2.24, 2.45) is 0 Å². The lowest BCUT2D eigenvalue weighted by atomic mass is 10.1. The molecule has 0 bridgehead atoms. The second-order valence-corrected chi connectivity index (χ2v) is 9.18. The molecule has 0 aliphatic carbocycles. The zero-order valence-electron chi connectivity index (χ0n) is 22.4. The fourth-order valence-electron chi connectivity index (χ4n) is 4.64. The van der Waals surface area contributed by atoms with Gasteiger partial charge in [-0.3, -0.25) is 14.4 Å². The quantitative estimate of drug-likeness (QED) is 0.461. The lowest BCUT2D eigenvalue weighted by Crippen LogP contribution is -2.49. The van der Waals surface area contributed by atoms with Crippen LogP contribution >= 0.6 is 0 Å². The highest BCUT2D eigenvalue weighted by molar-refractivity contribution is 6.06. The molecule has 3 aromatic carbocycles. The zero-order valence-corrected chi connectivity index (χ0v) is 22.4. The van der Waals surface area contributed by atoms with Gasteiger partial charge < -0.3 is 24.8 Å². The summed E-state index contributed by atoms with van der Waals surface area (Å²) in [7, 11) is 1.56. The Morgan fingerprint density at radius 3 is 2.21 bits per heavy atom. The third kappa shape index (κ3) is 6.37. The standard InChI is InChI=1S/C30H33FN4O4/c1-4-33(5-2)30(38)26-20-24(32-28(36)21-9-12-25(39-3)13-10-21)11-14-27(26)34-15-17-35(18-16-34)29(37)22-7-6-8-23(31)19-22/h6-14,19-20H,4-5,15-18H2,1-3H3,(H,32,36). The van der Waals surface area contributed by atoms with Gasteiger partial charge in [0.2, 0.25) is 0 Å². The molecule has 3 amide bonds. The molecule has 39 heavy (non-hydrogen) atoms. The Hall–Kier alpha value is -4.40. The van der Waals surface area contributed by atoms with Crippen molar-refractivity contribution >= 4 is 29.1 Å². The number of benzene rings is 3. The monoisotopic (exact) mass is 532 g/mol. The molecule has 8 nitrogen and oxygen atoms in total. The van der Waals surface area contributed by atoms with E-state index in [4.69, 9.17) is 4.74 Å². The van der Waals surface area contributed by atoms with Crippen molar-refractivity contribution in [1.82, 2.24) is 9.80 Å². The predicted molar refractivity (Wildman–Crippen MR) is 149 cm³/mol. The van der Waals surface area contributed by atoms with Crippen molar-refractivity contribution in [3.63, 3.8) is 0 Å². The number of hydrogen-bond acceptors (Lipinski definition) is 5. The number of anilines is 2. The number of piperazine rings is 1. The molecule has 1 N–H and O–H groups in total. The topological polar surface area (TPSA) is 82.2 Å². The van der Waals surface area contributed by atoms with E-state index in [-0.39, 0.29) is 17.7 Å². The van der Waals surface area contributed by atoms with Gasteiger partial charge in [0.1, 0.15) is 11.6 Å². The number of methoxy groups -OCH3 is 1. The summed E-state index contributed by atoms with van der Waals surface area (Å²) in [5, 5.41) is 2.89. The molecular weight excluding hydrogens is 499 g/mol. The molecule has 0 atom stereocenters. The third-order valence-corrected chi connectivity index (χ3v) is 6.87. The number of carbonyl (C=O) groups is 3. The first kappa shape index (κ1) is 27.6. The van der Waals surface area contributed by atoms with Gasteiger partial charge in [-0.15, -0.1) is 0 Å². The molecule has 9 heteroatoms. The van der Waals surface area contributed by atoms with Crippen LogP contribution in [0.4, 0.5) is 15.8 Å². The van der Waals surface area contributed by atoms with Crippen molar-refractivity contribution in [2.75, 3.05) is 56.6 Å². The lowest BCUT2D eigenvalue weighted by molar-refractivity contribution is 0.0740. The Labute approximate surface area is 228 Å². The van der Waals surface area contributed by atoms with E-state index in [9.17, 15) is 18.8 Å². The van der Waals surface area contributed by atoms with E-state index in [1.165, 1.54) is 18.2 Å². The van der Waals surface area contributed by atoms with E-state index >= 15 is 0 Å². The van der Waals surface area contributed by atoms with Crippen molar-refractivity contribution in [3.05, 3.63) is 89.2 Å². The van der Waals surface area contributed by atoms with E-state index in [0.717, 1.165) is 5.69 Å². The van der Waals surface area contributed by atoms with E-state index in [2.05, 4.69) is 10.2 Å². The van der Waals surface area contributed by atoms with Crippen LogP contribution < -0.4 is 15.0 Å². The number of amides is 3. The fourth-order valence-corrected chi connectivity index (χ4v) is 4.64. The summed E-state index contributed by atoms with van der Waals surface area (Å²) in [4.78, 5) is 44.7. The van der Waals surface area contributed by atoms with Crippen LogP contribution in [-0.2, 0) is 0 Å². The molecular formula is C30H33FN4O4.